The van der Waals surface area contributed by atoms with Crippen molar-refractivity contribution in [3.63, 3.8) is 0 Å². The van der Waals surface area contributed by atoms with Crippen LogP contribution in [0.3, 0.4) is 0 Å². The van der Waals surface area contributed by atoms with Crippen LogP contribution in [0.1, 0.15) is 5.69 Å². The lowest BCUT2D eigenvalue weighted by molar-refractivity contribution is 0.615. The van der Waals surface area contributed by atoms with Gasteiger partial charge in [0.1, 0.15) is 11.3 Å². The van der Waals surface area contributed by atoms with Crippen molar-refractivity contribution in [3.05, 3.63) is 30.3 Å². The molecule has 0 saturated carbocycles. The first-order chi connectivity index (χ1) is 5.42. The van der Waals surface area contributed by atoms with Crippen molar-refractivity contribution in [2.24, 2.45) is 0 Å². The molecular weight excluding hydrogens is 138 g/mol. The van der Waals surface area contributed by atoms with Gasteiger partial charge in [0.25, 0.3) is 0 Å². The van der Waals surface area contributed by atoms with Crippen LogP contribution in [-0.2, 0) is 0 Å². The zero-order chi connectivity index (χ0) is 7.68. The molecule has 0 bridgehead atoms. The Hall–Kier alpha value is -1.75. The van der Waals surface area contributed by atoms with Gasteiger partial charge in [0.05, 0.1) is 11.6 Å². The highest BCUT2D eigenvalue weighted by molar-refractivity contribution is 5.81. The molecule has 0 N–H and O–H groups in total. The van der Waals surface area contributed by atoms with Gasteiger partial charge in [-0.25, -0.2) is 4.98 Å². The summed E-state index contributed by atoms with van der Waals surface area (Å²) in [6.07, 6.45) is 8.47. The van der Waals surface area contributed by atoms with E-state index < -0.39 is 0 Å². The Kier molecular flexibility index (Phi) is 1.16. The second-order valence-electron chi connectivity index (χ2n) is 2.14. The summed E-state index contributed by atoms with van der Waals surface area (Å²) in [5.74, 6) is 2.48. The number of pyridine rings is 1. The minimum Gasteiger partial charge on any atom is -0.464 e. The molecule has 0 amide bonds. The van der Waals surface area contributed by atoms with E-state index >= 15 is 0 Å². The maximum Gasteiger partial charge on any atom is 0.138 e. The number of hydrogen-bond acceptors (Lipinski definition) is 2. The molecule has 0 saturated heterocycles. The Balaban J connectivity index is 2.92. The van der Waals surface area contributed by atoms with Gasteiger partial charge in [-0.3, -0.25) is 0 Å². The van der Waals surface area contributed by atoms with Crippen molar-refractivity contribution >= 4 is 11.0 Å². The lowest BCUT2D eigenvalue weighted by Gasteiger charge is -1.89. The molecule has 2 heteroatoms. The van der Waals surface area contributed by atoms with Crippen LogP contribution in [-0.4, -0.2) is 4.98 Å². The summed E-state index contributed by atoms with van der Waals surface area (Å²) in [6.45, 7) is 0. The first kappa shape index (κ1) is 5.99. The number of rotatable bonds is 0. The lowest BCUT2D eigenvalue weighted by atomic mass is 10.2. The van der Waals surface area contributed by atoms with Crippen LogP contribution in [0.15, 0.2) is 29.0 Å². The molecule has 0 radical (unpaired) electrons. The molecule has 2 aromatic rings. The first-order valence-electron chi connectivity index (χ1n) is 3.20. The van der Waals surface area contributed by atoms with Crippen molar-refractivity contribution in [1.29, 1.82) is 0 Å². The number of furan rings is 1. The number of nitrogens with zero attached hydrogens (tertiary/aromatic N) is 1. The molecule has 0 fully saturated rings. The maximum absolute atomic E-state index is 5.22. The Morgan fingerprint density at radius 2 is 2.36 bits per heavy atom. The van der Waals surface area contributed by atoms with Gasteiger partial charge in [0.2, 0.25) is 0 Å². The summed E-state index contributed by atoms with van der Waals surface area (Å²) in [6, 6.07) is 3.60. The van der Waals surface area contributed by atoms with Gasteiger partial charge in [-0.05, 0) is 18.1 Å². The fraction of sp³-hybridized carbons (Fsp3) is 0. The molecule has 0 aliphatic carbocycles. The highest BCUT2D eigenvalue weighted by atomic mass is 16.3. The molecule has 2 nitrogen and oxygen atoms in total. The Morgan fingerprint density at radius 1 is 1.45 bits per heavy atom. The van der Waals surface area contributed by atoms with Crippen molar-refractivity contribution in [3.8, 4) is 12.3 Å². The Bertz CT molecular complexity index is 422. The van der Waals surface area contributed by atoms with Crippen LogP contribution >= 0.6 is 0 Å². The van der Waals surface area contributed by atoms with Gasteiger partial charge in [-0.1, -0.05) is 0 Å². The Labute approximate surface area is 63.9 Å². The fourth-order valence-electron chi connectivity index (χ4n) is 1.01. The quantitative estimate of drug-likeness (QED) is 0.525. The zero-order valence-electron chi connectivity index (χ0n) is 5.74. The molecule has 2 aromatic heterocycles. The van der Waals surface area contributed by atoms with E-state index in [1.807, 2.05) is 6.07 Å². The lowest BCUT2D eigenvalue weighted by Crippen LogP contribution is -1.79. The largest absolute Gasteiger partial charge is 0.464 e. The summed E-state index contributed by atoms with van der Waals surface area (Å²) in [5.41, 5.74) is 1.42. The van der Waals surface area contributed by atoms with Crippen LogP contribution < -0.4 is 0 Å². The predicted octanol–water partition coefficient (Wildman–Crippen LogP) is 1.81. The third kappa shape index (κ3) is 0.786. The Morgan fingerprint density at radius 3 is 3.18 bits per heavy atom. The number of terminal acetylenes is 1. The van der Waals surface area contributed by atoms with E-state index in [1.165, 1.54) is 0 Å². The number of aromatic nitrogens is 1. The standard InChI is InChI=1S/C9H5NO/c1-2-8-7-4-6-11-9(7)3-5-10-8/h1,3-6H. The SMILES string of the molecule is C#Cc1nccc2occc12. The maximum atomic E-state index is 5.22. The molecule has 52 valence electrons. The van der Waals surface area contributed by atoms with Crippen LogP contribution in [0.5, 0.6) is 0 Å². The van der Waals surface area contributed by atoms with Crippen molar-refractivity contribution < 1.29 is 4.42 Å². The van der Waals surface area contributed by atoms with E-state index in [4.69, 9.17) is 10.8 Å². The second kappa shape index (κ2) is 2.14. The molecular formula is C9H5NO. The van der Waals surface area contributed by atoms with Crippen LogP contribution in [0.2, 0.25) is 0 Å². The van der Waals surface area contributed by atoms with E-state index in [2.05, 4.69) is 10.9 Å². The van der Waals surface area contributed by atoms with Crippen LogP contribution in [0.25, 0.3) is 11.0 Å². The molecule has 2 rings (SSSR count). The highest BCUT2D eigenvalue weighted by Gasteiger charge is 1.99. The normalized spacial score (nSPS) is 9.73. The molecule has 11 heavy (non-hydrogen) atoms. The van der Waals surface area contributed by atoms with E-state index in [-0.39, 0.29) is 0 Å². The summed E-state index contributed by atoms with van der Waals surface area (Å²) in [5, 5.41) is 0.898. The van der Waals surface area contributed by atoms with Crippen molar-refractivity contribution in [2.45, 2.75) is 0 Å². The van der Waals surface area contributed by atoms with Crippen molar-refractivity contribution in [2.75, 3.05) is 0 Å². The molecule has 2 heterocycles. The van der Waals surface area contributed by atoms with Crippen molar-refractivity contribution in [1.82, 2.24) is 4.98 Å². The number of hydrogen-bond donors (Lipinski definition) is 0. The molecule has 0 spiro atoms. The molecule has 0 atom stereocenters. The van der Waals surface area contributed by atoms with Gasteiger partial charge >= 0.3 is 0 Å². The van der Waals surface area contributed by atoms with E-state index in [1.54, 1.807) is 18.5 Å². The second-order valence-corrected chi connectivity index (χ2v) is 2.14. The summed E-state index contributed by atoms with van der Waals surface area (Å²) in [4.78, 5) is 4.00. The molecule has 0 aromatic carbocycles. The zero-order valence-corrected chi connectivity index (χ0v) is 5.74. The third-order valence-electron chi connectivity index (χ3n) is 1.52. The van der Waals surface area contributed by atoms with Gasteiger partial charge in [-0.15, -0.1) is 6.42 Å². The highest BCUT2D eigenvalue weighted by Crippen LogP contribution is 2.16. The van der Waals surface area contributed by atoms with Gasteiger partial charge in [-0.2, -0.15) is 0 Å². The van der Waals surface area contributed by atoms with E-state index in [0.717, 1.165) is 11.0 Å². The van der Waals surface area contributed by atoms with Gasteiger partial charge in [0.15, 0.2) is 0 Å². The summed E-state index contributed by atoms with van der Waals surface area (Å²) in [7, 11) is 0. The first-order valence-corrected chi connectivity index (χ1v) is 3.20. The smallest absolute Gasteiger partial charge is 0.138 e. The summed E-state index contributed by atoms with van der Waals surface area (Å²) < 4.78 is 5.12. The third-order valence-corrected chi connectivity index (χ3v) is 1.52. The van der Waals surface area contributed by atoms with Crippen LogP contribution in [0, 0.1) is 12.3 Å². The average Bonchev–Trinajstić information content (AvgIpc) is 2.50. The minimum absolute atomic E-state index is 0.635. The molecule has 0 aliphatic rings. The molecule has 0 unspecified atom stereocenters. The van der Waals surface area contributed by atoms with Gasteiger partial charge < -0.3 is 4.42 Å². The molecule has 0 aliphatic heterocycles. The average molecular weight is 143 g/mol. The fourth-order valence-corrected chi connectivity index (χ4v) is 1.01. The predicted molar refractivity (Wildman–Crippen MR) is 41.9 cm³/mol. The monoisotopic (exact) mass is 143 g/mol. The summed E-state index contributed by atoms with van der Waals surface area (Å²) >= 11 is 0. The van der Waals surface area contributed by atoms with Gasteiger partial charge in [0, 0.05) is 6.20 Å². The topological polar surface area (TPSA) is 26.0 Å². The van der Waals surface area contributed by atoms with E-state index in [0.29, 0.717) is 5.69 Å². The van der Waals surface area contributed by atoms with Crippen LogP contribution in [0.4, 0.5) is 0 Å². The minimum atomic E-state index is 0.635. The van der Waals surface area contributed by atoms with E-state index in [9.17, 15) is 0 Å². The number of fused-ring (bicyclic) bond motifs is 1.